The molecule has 1 aliphatic carbocycles. The van der Waals surface area contributed by atoms with Crippen LogP contribution in [-0.2, 0) is 22.6 Å². The van der Waals surface area contributed by atoms with E-state index in [0.717, 1.165) is 89.5 Å². The van der Waals surface area contributed by atoms with Gasteiger partial charge < -0.3 is 27.1 Å². The number of nitrogens with zero attached hydrogens (tertiary/aromatic N) is 6. The molecular weight excluding hydrogens is 1020 g/mol. The molecule has 3 N–H and O–H groups in total. The molecule has 3 saturated heterocycles. The zero-order valence-corrected chi connectivity index (χ0v) is 39.7. The maximum absolute atomic E-state index is 13.9. The van der Waals surface area contributed by atoms with Crippen LogP contribution in [0.4, 0.5) is 20.2 Å². The van der Waals surface area contributed by atoms with Gasteiger partial charge in [-0.3, -0.25) is 34.7 Å². The van der Waals surface area contributed by atoms with Gasteiger partial charge in [0.25, 0.3) is 6.43 Å². The van der Waals surface area contributed by atoms with Crippen molar-refractivity contribution >= 4 is 34.1 Å². The van der Waals surface area contributed by atoms with E-state index in [-0.39, 0.29) is 81.4 Å². The van der Waals surface area contributed by atoms with Crippen LogP contribution in [0, 0.1) is 55.9 Å². The van der Waals surface area contributed by atoms with Crippen molar-refractivity contribution in [3.8, 4) is 5.75 Å². The number of carbonyl (C=O) groups is 2. The van der Waals surface area contributed by atoms with Crippen molar-refractivity contribution in [1.29, 1.82) is 0 Å². The second-order valence-corrected chi connectivity index (χ2v) is 18.7. The summed E-state index contributed by atoms with van der Waals surface area (Å²) in [5.74, 6) is 0.927. The molecule has 62 heavy (non-hydrogen) atoms. The number of amides is 2. The van der Waals surface area contributed by atoms with E-state index in [4.69, 9.17) is 4.74 Å². The fraction of sp³-hybridized carbons (Fsp3) is 0.532. The number of carbonyl (C=O) groups excluding carboxylic acids is 2. The van der Waals surface area contributed by atoms with Gasteiger partial charge in [0.05, 0.1) is 36.0 Å². The molecule has 0 bridgehead atoms. The average molecular weight is 1070 g/mol. The molecule has 11 rings (SSSR count). The van der Waals surface area contributed by atoms with Gasteiger partial charge in [-0.15, -0.1) is 11.6 Å². The molecule has 6 aliphatic heterocycles. The maximum atomic E-state index is 13.9. The van der Waals surface area contributed by atoms with E-state index >= 15 is 0 Å². The number of halogens is 2. The predicted octanol–water partition coefficient (Wildman–Crippen LogP) is 5.61. The number of imide groups is 1. The molecule has 3 aromatic carbocycles. The Balaban J connectivity index is 0.00000245. The summed E-state index contributed by atoms with van der Waals surface area (Å²) in [4.78, 5) is 35.7. The molecule has 2 amide bonds. The van der Waals surface area contributed by atoms with E-state index in [1.807, 2.05) is 30.2 Å². The Hall–Kier alpha value is -3.58. The van der Waals surface area contributed by atoms with Gasteiger partial charge in [0.15, 0.2) is 0 Å². The first-order valence-electron chi connectivity index (χ1n) is 21.9. The van der Waals surface area contributed by atoms with Gasteiger partial charge in [0.1, 0.15) is 18.6 Å². The summed E-state index contributed by atoms with van der Waals surface area (Å²) in [6.07, 6.45) is 4.83. The van der Waals surface area contributed by atoms with Crippen LogP contribution in [0.3, 0.4) is 0 Å². The number of hydrogen-bond donors (Lipinski definition) is 3. The number of aromatic nitrogens is 2. The van der Waals surface area contributed by atoms with Crippen molar-refractivity contribution in [3.05, 3.63) is 90.0 Å². The summed E-state index contributed by atoms with van der Waals surface area (Å²) < 4.78 is 34.3. The number of ether oxygens (including phenoxy) is 1. The van der Waals surface area contributed by atoms with E-state index in [1.54, 1.807) is 4.90 Å². The van der Waals surface area contributed by atoms with Gasteiger partial charge in [-0.2, -0.15) is 23.3 Å². The number of alkyl halides is 2. The number of anilines is 2. The van der Waals surface area contributed by atoms with Crippen LogP contribution in [0.2, 0.25) is 0 Å². The molecule has 1 spiro atoms. The van der Waals surface area contributed by atoms with Gasteiger partial charge in [-0.25, -0.2) is 8.78 Å². The molecule has 7 aliphatic rings. The number of H-pyrrole nitrogens is 1. The molecule has 2 unspecified atom stereocenters. The SMILES string of the molecule is C[C@@H]1Cc2c(ccc3[nH]ncc23)[C@@H](c2[c-]cc(N3CCC4(CC3)CC(CN3CCN5c6ccc7c(c6OC[C@H]5C3)CN(C3CCC(=O)NC3=O)C7O)C4)cc2)N1CC(F)F.[CH3-].[U+2]. The number of aliphatic hydroxyl groups excluding tert-OH is 1. The fourth-order valence-electron chi connectivity index (χ4n) is 12.2. The number of aliphatic hydroxyl groups is 1. The smallest absolute Gasteiger partial charge is 0.489 e. The van der Waals surface area contributed by atoms with Crippen LogP contribution in [0.15, 0.2) is 48.7 Å². The van der Waals surface area contributed by atoms with E-state index in [9.17, 15) is 23.5 Å². The fourth-order valence-corrected chi connectivity index (χ4v) is 12.2. The van der Waals surface area contributed by atoms with Crippen LogP contribution in [0.25, 0.3) is 10.9 Å². The van der Waals surface area contributed by atoms with Gasteiger partial charge in [0, 0.05) is 80.8 Å². The van der Waals surface area contributed by atoms with E-state index < -0.39 is 18.7 Å². The maximum Gasteiger partial charge on any atom is 2.00 e. The monoisotopic (exact) mass is 1070 g/mol. The minimum atomic E-state index is -2.42. The summed E-state index contributed by atoms with van der Waals surface area (Å²) in [5, 5.41) is 22.0. The van der Waals surface area contributed by atoms with Gasteiger partial charge in [-0.1, -0.05) is 17.8 Å². The zero-order chi connectivity index (χ0) is 40.9. The third-order valence-electron chi connectivity index (χ3n) is 15.2. The molecule has 1 saturated carbocycles. The molecule has 5 atom stereocenters. The van der Waals surface area contributed by atoms with Crippen molar-refractivity contribution in [2.45, 2.75) is 95.2 Å². The molecule has 326 valence electrons. The summed E-state index contributed by atoms with van der Waals surface area (Å²) in [7, 11) is 0. The Morgan fingerprint density at radius 3 is 2.60 bits per heavy atom. The molecule has 12 nitrogen and oxygen atoms in total. The number of aromatic amines is 1. The Bertz CT molecular complexity index is 2310. The van der Waals surface area contributed by atoms with E-state index in [1.165, 1.54) is 31.2 Å². The Labute approximate surface area is 386 Å². The molecule has 4 fully saturated rings. The second kappa shape index (κ2) is 17.1. The first-order chi connectivity index (χ1) is 29.1. The molecule has 15 heteroatoms. The number of piperidine rings is 2. The number of fused-ring (bicyclic) bond motifs is 8. The standard InChI is InChI=1S/C46H53F2N8O4.CH3.U/c1-27-18-34-32(6-8-37-35(34)21-49-51-37)42(55(27)25-40(47)48)29-2-4-30(5-3-29)53-14-12-46(13-15-53)19-28(20-46)22-52-16-17-54-31(23-52)26-60-43-36-24-56(39-10-11-41(57)50-44(39)58)45(59)33(36)7-9-38(43)54;;/h2,4-9,21,27-28,31,39-40,42,45,59H,10-20,22-26H2,1H3,(H,49,51)(H,50,57,58);1H3;/q2*-1;+2/t27-,31-,39?,42-,45?;;/m1../s1. The topological polar surface area (TPSA) is 121 Å². The van der Waals surface area contributed by atoms with Crippen molar-refractivity contribution < 1.29 is 59.3 Å². The quantitative estimate of drug-likeness (QED) is 0.160. The number of rotatable bonds is 7. The summed E-state index contributed by atoms with van der Waals surface area (Å²) in [6.45, 7) is 8.82. The van der Waals surface area contributed by atoms with Crippen LogP contribution in [0.1, 0.15) is 85.5 Å². The molecule has 7 heterocycles. The number of piperazine rings is 1. The van der Waals surface area contributed by atoms with E-state index in [2.05, 4.69) is 66.6 Å². The van der Waals surface area contributed by atoms with Crippen LogP contribution >= 0.6 is 0 Å². The summed E-state index contributed by atoms with van der Waals surface area (Å²) in [6, 6.07) is 17.4. The van der Waals surface area contributed by atoms with E-state index in [0.29, 0.717) is 37.3 Å². The minimum absolute atomic E-state index is 0. The van der Waals surface area contributed by atoms with Gasteiger partial charge >= 0.3 is 31.1 Å². The summed E-state index contributed by atoms with van der Waals surface area (Å²) >= 11 is 0. The first kappa shape index (κ1) is 43.7. The number of hydrogen-bond acceptors (Lipinski definition) is 10. The normalized spacial score (nSPS) is 27.4. The Kier molecular flexibility index (Phi) is 12.0. The Morgan fingerprint density at radius 1 is 1.03 bits per heavy atom. The largest absolute Gasteiger partial charge is 2.00 e. The van der Waals surface area contributed by atoms with Gasteiger partial charge in [0.2, 0.25) is 11.8 Å². The second-order valence-electron chi connectivity index (χ2n) is 18.7. The average Bonchev–Trinajstić information content (AvgIpc) is 3.85. The zero-order valence-electron chi connectivity index (χ0n) is 35.6. The minimum Gasteiger partial charge on any atom is -0.489 e. The third kappa shape index (κ3) is 7.56. The molecule has 4 aromatic rings. The third-order valence-corrected chi connectivity index (χ3v) is 15.2. The number of benzene rings is 3. The van der Waals surface area contributed by atoms with Crippen LogP contribution in [-0.4, -0.2) is 119 Å². The Morgan fingerprint density at radius 2 is 1.84 bits per heavy atom. The molecule has 0 radical (unpaired) electrons. The van der Waals surface area contributed by atoms with Gasteiger partial charge in [-0.05, 0) is 80.0 Å². The van der Waals surface area contributed by atoms with Crippen LogP contribution in [0.5, 0.6) is 5.75 Å². The van der Waals surface area contributed by atoms with Crippen molar-refractivity contribution in [1.82, 2.24) is 30.2 Å². The summed E-state index contributed by atoms with van der Waals surface area (Å²) in [5.41, 5.74) is 8.53. The van der Waals surface area contributed by atoms with Crippen molar-refractivity contribution in [3.63, 3.8) is 0 Å². The predicted molar refractivity (Wildman–Crippen MR) is 228 cm³/mol. The van der Waals surface area contributed by atoms with Crippen molar-refractivity contribution in [2.75, 3.05) is 62.2 Å². The first-order valence-corrected chi connectivity index (χ1v) is 21.9. The van der Waals surface area contributed by atoms with Crippen LogP contribution < -0.4 is 19.9 Å². The molecular formula is C47H56F2N8O4U. The van der Waals surface area contributed by atoms with Crippen molar-refractivity contribution in [2.24, 2.45) is 11.3 Å². The number of nitrogens with one attached hydrogen (secondary N) is 2. The molecule has 1 aromatic heterocycles.